The van der Waals surface area contributed by atoms with Gasteiger partial charge in [-0.05, 0) is 42.8 Å². The number of aryl methyl sites for hydroxylation is 1. The van der Waals surface area contributed by atoms with Crippen molar-refractivity contribution >= 4 is 34.5 Å². The van der Waals surface area contributed by atoms with Crippen LogP contribution in [0.5, 0.6) is 0 Å². The van der Waals surface area contributed by atoms with E-state index in [1.54, 1.807) is 25.1 Å². The van der Waals surface area contributed by atoms with E-state index < -0.39 is 0 Å². The summed E-state index contributed by atoms with van der Waals surface area (Å²) in [4.78, 5) is 21.2. The van der Waals surface area contributed by atoms with Gasteiger partial charge in [0.15, 0.2) is 0 Å². The molecule has 1 heterocycles. The van der Waals surface area contributed by atoms with Crippen molar-refractivity contribution in [3.8, 4) is 0 Å². The molecule has 3 rings (SSSR count). The van der Waals surface area contributed by atoms with Crippen molar-refractivity contribution in [3.63, 3.8) is 0 Å². The van der Waals surface area contributed by atoms with Gasteiger partial charge in [-0.15, -0.1) is 0 Å². The highest BCUT2D eigenvalue weighted by molar-refractivity contribution is 6.30. The average molecular weight is 309 g/mol. The molecule has 3 nitrogen and oxygen atoms in total. The third kappa shape index (κ3) is 3.05. The molecule has 0 bridgehead atoms. The summed E-state index contributed by atoms with van der Waals surface area (Å²) in [6.07, 6.45) is 3.25. The summed E-state index contributed by atoms with van der Waals surface area (Å²) in [6.45, 7) is 1.79. The lowest BCUT2D eigenvalue weighted by molar-refractivity contribution is 0.104. The number of nitrogens with zero attached hydrogens (tertiary/aromatic N) is 2. The number of carbonyl (C=O) groups excluding carboxylic acids is 1. The third-order valence-corrected chi connectivity index (χ3v) is 3.53. The molecule has 0 unspecified atom stereocenters. The number of rotatable bonds is 3. The number of allylic oxidation sites excluding steroid dienone is 1. The molecule has 0 saturated carbocycles. The molecule has 0 N–H and O–H groups in total. The third-order valence-electron chi connectivity index (χ3n) is 3.28. The van der Waals surface area contributed by atoms with E-state index in [0.717, 1.165) is 16.6 Å². The second-order valence-corrected chi connectivity index (χ2v) is 5.33. The van der Waals surface area contributed by atoms with E-state index >= 15 is 0 Å². The monoisotopic (exact) mass is 308 g/mol. The highest BCUT2D eigenvalue weighted by atomic mass is 35.5. The van der Waals surface area contributed by atoms with Crippen LogP contribution in [0.25, 0.3) is 17.1 Å². The Labute approximate surface area is 133 Å². The van der Waals surface area contributed by atoms with Gasteiger partial charge >= 0.3 is 0 Å². The summed E-state index contributed by atoms with van der Waals surface area (Å²) in [5.74, 6) is -0.161. The number of carbonyl (C=O) groups is 1. The van der Waals surface area contributed by atoms with E-state index in [4.69, 9.17) is 11.6 Å². The summed E-state index contributed by atoms with van der Waals surface area (Å²) < 4.78 is 0. The average Bonchev–Trinajstić information content (AvgIpc) is 2.53. The fourth-order valence-electron chi connectivity index (χ4n) is 2.15. The van der Waals surface area contributed by atoms with Crippen molar-refractivity contribution < 1.29 is 4.79 Å². The van der Waals surface area contributed by atoms with Gasteiger partial charge in [0, 0.05) is 5.02 Å². The van der Waals surface area contributed by atoms with Gasteiger partial charge < -0.3 is 0 Å². The fourth-order valence-corrected chi connectivity index (χ4v) is 2.27. The molecule has 0 amide bonds. The van der Waals surface area contributed by atoms with Crippen molar-refractivity contribution in [1.29, 1.82) is 0 Å². The van der Waals surface area contributed by atoms with E-state index in [9.17, 15) is 4.79 Å². The first-order valence-electron chi connectivity index (χ1n) is 6.85. The molecule has 108 valence electrons. The number of benzene rings is 2. The Morgan fingerprint density at radius 1 is 1.00 bits per heavy atom. The summed E-state index contributed by atoms with van der Waals surface area (Å²) in [7, 11) is 0. The molecule has 22 heavy (non-hydrogen) atoms. The molecular weight excluding hydrogens is 296 g/mol. The first-order valence-corrected chi connectivity index (χ1v) is 7.22. The Bertz CT molecular complexity index is 870. The number of ketones is 1. The molecule has 0 aliphatic heterocycles. The van der Waals surface area contributed by atoms with E-state index in [-0.39, 0.29) is 5.78 Å². The fraction of sp³-hybridized carbons (Fsp3) is 0.0556. The SMILES string of the molecule is Cc1nc2ccccc2nc1C(=O)/C=C/c1ccc(Cl)cc1. The van der Waals surface area contributed by atoms with Crippen LogP contribution >= 0.6 is 11.6 Å². The predicted octanol–water partition coefficient (Wildman–Crippen LogP) is 4.49. The van der Waals surface area contributed by atoms with Gasteiger partial charge in [-0.3, -0.25) is 4.79 Å². The van der Waals surface area contributed by atoms with Crippen LogP contribution in [0.15, 0.2) is 54.6 Å². The molecule has 4 heteroatoms. The Kier molecular flexibility index (Phi) is 3.98. The van der Waals surface area contributed by atoms with Gasteiger partial charge in [-0.25, -0.2) is 9.97 Å². The zero-order valence-corrected chi connectivity index (χ0v) is 12.7. The molecular formula is C18H13ClN2O. The van der Waals surface area contributed by atoms with Gasteiger partial charge in [0.2, 0.25) is 5.78 Å². The van der Waals surface area contributed by atoms with Crippen LogP contribution in [0.2, 0.25) is 5.02 Å². The highest BCUT2D eigenvalue weighted by Gasteiger charge is 2.10. The van der Waals surface area contributed by atoms with E-state index in [1.165, 1.54) is 6.08 Å². The van der Waals surface area contributed by atoms with Gasteiger partial charge in [-0.2, -0.15) is 0 Å². The lowest BCUT2D eigenvalue weighted by Gasteiger charge is -2.03. The normalized spacial score (nSPS) is 11.2. The minimum atomic E-state index is -0.161. The van der Waals surface area contributed by atoms with E-state index in [2.05, 4.69) is 9.97 Å². The predicted molar refractivity (Wildman–Crippen MR) is 89.1 cm³/mol. The van der Waals surface area contributed by atoms with Crippen molar-refractivity contribution in [2.45, 2.75) is 6.92 Å². The number of aromatic nitrogens is 2. The molecule has 0 aliphatic carbocycles. The topological polar surface area (TPSA) is 42.9 Å². The standard InChI is InChI=1S/C18H13ClN2O/c1-12-18(21-16-5-3-2-4-15(16)20-12)17(22)11-8-13-6-9-14(19)10-7-13/h2-11H,1H3/b11-8+. The van der Waals surface area contributed by atoms with Crippen LogP contribution in [-0.2, 0) is 0 Å². The van der Waals surface area contributed by atoms with E-state index in [1.807, 2.05) is 36.4 Å². The summed E-state index contributed by atoms with van der Waals surface area (Å²) in [5.41, 5.74) is 3.42. The number of fused-ring (bicyclic) bond motifs is 1. The number of hydrogen-bond acceptors (Lipinski definition) is 3. The second kappa shape index (κ2) is 6.08. The number of hydrogen-bond donors (Lipinski definition) is 0. The van der Waals surface area contributed by atoms with E-state index in [0.29, 0.717) is 16.4 Å². The maximum Gasteiger partial charge on any atom is 0.206 e. The van der Waals surface area contributed by atoms with Gasteiger partial charge in [0.25, 0.3) is 0 Å². The maximum atomic E-state index is 12.3. The zero-order chi connectivity index (χ0) is 15.5. The van der Waals surface area contributed by atoms with Crippen LogP contribution in [0.1, 0.15) is 21.7 Å². The van der Waals surface area contributed by atoms with Crippen molar-refractivity contribution in [3.05, 3.63) is 76.6 Å². The van der Waals surface area contributed by atoms with Crippen LogP contribution < -0.4 is 0 Å². The Morgan fingerprint density at radius 2 is 1.64 bits per heavy atom. The first-order chi connectivity index (χ1) is 10.6. The molecule has 2 aromatic carbocycles. The number of para-hydroxylation sites is 2. The van der Waals surface area contributed by atoms with Crippen molar-refractivity contribution in [2.75, 3.05) is 0 Å². The summed E-state index contributed by atoms with van der Waals surface area (Å²) in [6, 6.07) is 14.8. The molecule has 0 spiro atoms. The maximum absolute atomic E-state index is 12.3. The molecule has 0 saturated heterocycles. The van der Waals surface area contributed by atoms with Gasteiger partial charge in [0.1, 0.15) is 5.69 Å². The minimum Gasteiger partial charge on any atom is -0.287 e. The van der Waals surface area contributed by atoms with Crippen LogP contribution in [-0.4, -0.2) is 15.8 Å². The molecule has 0 radical (unpaired) electrons. The van der Waals surface area contributed by atoms with Crippen molar-refractivity contribution in [1.82, 2.24) is 9.97 Å². The van der Waals surface area contributed by atoms with Gasteiger partial charge in [0.05, 0.1) is 16.7 Å². The Morgan fingerprint density at radius 3 is 2.32 bits per heavy atom. The quantitative estimate of drug-likeness (QED) is 0.529. The minimum absolute atomic E-state index is 0.161. The largest absolute Gasteiger partial charge is 0.287 e. The molecule has 0 aliphatic rings. The summed E-state index contributed by atoms with van der Waals surface area (Å²) in [5, 5.41) is 0.666. The van der Waals surface area contributed by atoms with Gasteiger partial charge in [-0.1, -0.05) is 41.9 Å². The van der Waals surface area contributed by atoms with Crippen LogP contribution in [0.4, 0.5) is 0 Å². The molecule has 0 atom stereocenters. The highest BCUT2D eigenvalue weighted by Crippen LogP contribution is 2.14. The lowest BCUT2D eigenvalue weighted by atomic mass is 10.1. The van der Waals surface area contributed by atoms with Crippen LogP contribution in [0.3, 0.4) is 0 Å². The zero-order valence-electron chi connectivity index (χ0n) is 12.0. The first kappa shape index (κ1) is 14.4. The Hall–Kier alpha value is -2.52. The van der Waals surface area contributed by atoms with Crippen molar-refractivity contribution in [2.24, 2.45) is 0 Å². The number of halogens is 1. The smallest absolute Gasteiger partial charge is 0.206 e. The molecule has 0 fully saturated rings. The molecule has 3 aromatic rings. The van der Waals surface area contributed by atoms with Crippen LogP contribution in [0, 0.1) is 6.92 Å². The second-order valence-electron chi connectivity index (χ2n) is 4.90. The summed E-state index contributed by atoms with van der Waals surface area (Å²) >= 11 is 5.84. The lowest BCUT2D eigenvalue weighted by Crippen LogP contribution is -2.04. The molecule has 1 aromatic heterocycles. The Balaban J connectivity index is 1.91.